The van der Waals surface area contributed by atoms with Gasteiger partial charge in [-0.3, -0.25) is 0 Å². The molecule has 0 saturated carbocycles. The van der Waals surface area contributed by atoms with Crippen LogP contribution in [-0.4, -0.2) is 36.1 Å². The van der Waals surface area contributed by atoms with Crippen LogP contribution in [0, 0.1) is 0 Å². The lowest BCUT2D eigenvalue weighted by Gasteiger charge is -2.08. The smallest absolute Gasteiger partial charge is 0.199 e. The molecule has 22 heavy (non-hydrogen) atoms. The van der Waals surface area contributed by atoms with Crippen LogP contribution in [0.15, 0.2) is 33.0 Å². The summed E-state index contributed by atoms with van der Waals surface area (Å²) in [4.78, 5) is 0. The lowest BCUT2D eigenvalue weighted by molar-refractivity contribution is 0.308. The average molecular weight is 304 g/mol. The lowest BCUT2D eigenvalue weighted by atomic mass is 10.1. The van der Waals surface area contributed by atoms with E-state index in [0.29, 0.717) is 17.2 Å². The topological polar surface area (TPSA) is 134 Å². The molecule has 2 rings (SSSR count). The SMILES string of the molecule is COc1ccc(C(C)=N/N=C(\N)c2nonc2N)cc1OC. The zero-order valence-corrected chi connectivity index (χ0v) is 12.4. The zero-order chi connectivity index (χ0) is 16.1. The van der Waals surface area contributed by atoms with Crippen molar-refractivity contribution in [2.45, 2.75) is 6.92 Å². The molecule has 2 aromatic rings. The van der Waals surface area contributed by atoms with Crippen LogP contribution in [0.3, 0.4) is 0 Å². The molecular weight excluding hydrogens is 288 g/mol. The molecule has 0 aliphatic carbocycles. The van der Waals surface area contributed by atoms with E-state index in [1.54, 1.807) is 33.3 Å². The minimum Gasteiger partial charge on any atom is -0.493 e. The molecule has 9 nitrogen and oxygen atoms in total. The van der Waals surface area contributed by atoms with Crippen LogP contribution in [0.1, 0.15) is 18.2 Å². The number of nitrogens with zero attached hydrogens (tertiary/aromatic N) is 4. The summed E-state index contributed by atoms with van der Waals surface area (Å²) in [6, 6.07) is 5.40. The molecule has 0 atom stereocenters. The molecule has 0 fully saturated rings. The van der Waals surface area contributed by atoms with Gasteiger partial charge in [-0.2, -0.15) is 5.10 Å². The minimum atomic E-state index is 0.0126. The van der Waals surface area contributed by atoms with Crippen molar-refractivity contribution in [3.05, 3.63) is 29.5 Å². The van der Waals surface area contributed by atoms with Crippen LogP contribution in [0.5, 0.6) is 11.5 Å². The van der Waals surface area contributed by atoms with Gasteiger partial charge in [-0.1, -0.05) is 0 Å². The molecule has 116 valence electrons. The van der Waals surface area contributed by atoms with E-state index in [-0.39, 0.29) is 17.3 Å². The van der Waals surface area contributed by atoms with Gasteiger partial charge in [0.25, 0.3) is 0 Å². The van der Waals surface area contributed by atoms with Gasteiger partial charge >= 0.3 is 0 Å². The molecule has 0 aliphatic heterocycles. The van der Waals surface area contributed by atoms with Gasteiger partial charge in [-0.05, 0) is 35.4 Å². The normalized spacial score (nSPS) is 12.3. The molecular formula is C13H16N6O3. The second-order valence-electron chi connectivity index (χ2n) is 4.24. The van der Waals surface area contributed by atoms with Gasteiger partial charge < -0.3 is 20.9 Å². The van der Waals surface area contributed by atoms with Crippen molar-refractivity contribution in [1.29, 1.82) is 0 Å². The Kier molecular flexibility index (Phi) is 4.57. The first-order chi connectivity index (χ1) is 10.6. The molecule has 0 amide bonds. The number of amidine groups is 1. The fraction of sp³-hybridized carbons (Fsp3) is 0.231. The van der Waals surface area contributed by atoms with Gasteiger partial charge in [0.05, 0.1) is 19.9 Å². The lowest BCUT2D eigenvalue weighted by Crippen LogP contribution is -2.15. The molecule has 4 N–H and O–H groups in total. The summed E-state index contributed by atoms with van der Waals surface area (Å²) in [6.45, 7) is 1.78. The molecule has 0 aliphatic rings. The molecule has 0 bridgehead atoms. The molecule has 1 aromatic heterocycles. The maximum Gasteiger partial charge on any atom is 0.199 e. The summed E-state index contributed by atoms with van der Waals surface area (Å²) in [7, 11) is 3.13. The van der Waals surface area contributed by atoms with Gasteiger partial charge in [0.2, 0.25) is 0 Å². The number of benzene rings is 1. The van der Waals surface area contributed by atoms with E-state index in [9.17, 15) is 0 Å². The van der Waals surface area contributed by atoms with Crippen molar-refractivity contribution in [1.82, 2.24) is 10.3 Å². The third-order valence-corrected chi connectivity index (χ3v) is 2.87. The monoisotopic (exact) mass is 304 g/mol. The zero-order valence-electron chi connectivity index (χ0n) is 12.4. The highest BCUT2D eigenvalue weighted by Gasteiger charge is 2.11. The van der Waals surface area contributed by atoms with E-state index in [1.807, 2.05) is 6.07 Å². The predicted octanol–water partition coefficient (Wildman–Crippen LogP) is 0.798. The third kappa shape index (κ3) is 3.14. The number of ether oxygens (including phenoxy) is 2. The summed E-state index contributed by atoms with van der Waals surface area (Å²) in [5.74, 6) is 1.29. The van der Waals surface area contributed by atoms with E-state index in [4.69, 9.17) is 20.9 Å². The van der Waals surface area contributed by atoms with E-state index >= 15 is 0 Å². The Morgan fingerprint density at radius 2 is 1.86 bits per heavy atom. The molecule has 1 heterocycles. The highest BCUT2D eigenvalue weighted by Crippen LogP contribution is 2.27. The summed E-state index contributed by atoms with van der Waals surface area (Å²) in [6.07, 6.45) is 0. The number of nitrogens with two attached hydrogens (primary N) is 2. The highest BCUT2D eigenvalue weighted by molar-refractivity contribution is 6.02. The van der Waals surface area contributed by atoms with Crippen molar-refractivity contribution in [2.24, 2.45) is 15.9 Å². The van der Waals surface area contributed by atoms with Crippen molar-refractivity contribution in [3.8, 4) is 11.5 Å². The number of methoxy groups -OCH3 is 2. The van der Waals surface area contributed by atoms with Gasteiger partial charge in [0, 0.05) is 5.56 Å². The first kappa shape index (κ1) is 15.3. The number of rotatable bonds is 5. The summed E-state index contributed by atoms with van der Waals surface area (Å²) < 4.78 is 14.9. The maximum absolute atomic E-state index is 5.72. The second-order valence-corrected chi connectivity index (χ2v) is 4.24. The number of aromatic nitrogens is 2. The van der Waals surface area contributed by atoms with Gasteiger partial charge in [0.15, 0.2) is 28.8 Å². The van der Waals surface area contributed by atoms with Crippen molar-refractivity contribution < 1.29 is 14.1 Å². The quantitative estimate of drug-likeness (QED) is 0.474. The maximum atomic E-state index is 5.72. The Hall–Kier alpha value is -3.10. The van der Waals surface area contributed by atoms with E-state index in [0.717, 1.165) is 5.56 Å². The molecule has 1 aromatic carbocycles. The number of nitrogen functional groups attached to an aromatic ring is 1. The minimum absolute atomic E-state index is 0.0126. The second kappa shape index (κ2) is 6.57. The summed E-state index contributed by atoms with van der Waals surface area (Å²) in [5.41, 5.74) is 12.8. The first-order valence-corrected chi connectivity index (χ1v) is 6.25. The first-order valence-electron chi connectivity index (χ1n) is 6.25. The van der Waals surface area contributed by atoms with Crippen molar-refractivity contribution >= 4 is 17.4 Å². The van der Waals surface area contributed by atoms with Crippen LogP contribution >= 0.6 is 0 Å². The number of hydrogen-bond donors (Lipinski definition) is 2. The van der Waals surface area contributed by atoms with Crippen LogP contribution < -0.4 is 20.9 Å². The predicted molar refractivity (Wildman–Crippen MR) is 81.2 cm³/mol. The molecule has 9 heteroatoms. The Bertz CT molecular complexity index is 722. The number of hydrogen-bond acceptors (Lipinski definition) is 8. The van der Waals surface area contributed by atoms with Crippen molar-refractivity contribution in [2.75, 3.05) is 20.0 Å². The van der Waals surface area contributed by atoms with Crippen LogP contribution in [0.2, 0.25) is 0 Å². The van der Waals surface area contributed by atoms with Gasteiger partial charge in [-0.25, -0.2) is 4.63 Å². The Morgan fingerprint density at radius 1 is 1.14 bits per heavy atom. The summed E-state index contributed by atoms with van der Waals surface area (Å²) >= 11 is 0. The molecule has 0 spiro atoms. The largest absolute Gasteiger partial charge is 0.493 e. The Morgan fingerprint density at radius 3 is 2.45 bits per heavy atom. The molecule has 0 unspecified atom stereocenters. The fourth-order valence-electron chi connectivity index (χ4n) is 1.67. The van der Waals surface area contributed by atoms with E-state index < -0.39 is 0 Å². The van der Waals surface area contributed by atoms with E-state index in [2.05, 4.69) is 25.1 Å². The Labute approximate surface area is 126 Å². The number of anilines is 1. The van der Waals surface area contributed by atoms with Gasteiger partial charge in [0.1, 0.15) is 0 Å². The Balaban J connectivity index is 2.27. The highest BCUT2D eigenvalue weighted by atomic mass is 16.6. The molecule has 0 radical (unpaired) electrons. The van der Waals surface area contributed by atoms with Crippen LogP contribution in [-0.2, 0) is 0 Å². The van der Waals surface area contributed by atoms with Crippen molar-refractivity contribution in [3.63, 3.8) is 0 Å². The standard InChI is InChI=1S/C13H16N6O3/c1-7(8-4-5-9(20-2)10(6-8)21-3)16-17-12(14)11-13(15)19-22-18-11/h4-6H,1-3H3,(H2,14,17)(H2,15,19). The summed E-state index contributed by atoms with van der Waals surface area (Å²) in [5, 5.41) is 14.9. The van der Waals surface area contributed by atoms with Gasteiger partial charge in [-0.15, -0.1) is 5.10 Å². The molecule has 0 saturated heterocycles. The average Bonchev–Trinajstić information content (AvgIpc) is 2.97. The van der Waals surface area contributed by atoms with Crippen LogP contribution in [0.25, 0.3) is 0 Å². The third-order valence-electron chi connectivity index (χ3n) is 2.87. The fourth-order valence-corrected chi connectivity index (χ4v) is 1.67. The van der Waals surface area contributed by atoms with E-state index in [1.165, 1.54) is 0 Å². The van der Waals surface area contributed by atoms with Crippen LogP contribution in [0.4, 0.5) is 5.82 Å².